The summed E-state index contributed by atoms with van der Waals surface area (Å²) < 4.78 is 39.9. The lowest BCUT2D eigenvalue weighted by Crippen LogP contribution is -2.01. The van der Waals surface area contributed by atoms with Crippen LogP contribution in [-0.2, 0) is 0 Å². The molecule has 1 aromatic heterocycles. The zero-order valence-corrected chi connectivity index (χ0v) is 11.9. The monoisotopic (exact) mass is 349 g/mol. The first-order valence-electron chi connectivity index (χ1n) is 5.03. The van der Waals surface area contributed by atoms with Crippen LogP contribution in [0, 0.1) is 24.4 Å². The minimum atomic E-state index is -1.29. The molecule has 1 aromatic carbocycles. The quantitative estimate of drug-likeness (QED) is 0.515. The summed E-state index contributed by atoms with van der Waals surface area (Å²) in [6.45, 7) is 1.80. The Balaban J connectivity index is 2.23. The van der Waals surface area contributed by atoms with Gasteiger partial charge in [0.2, 0.25) is 5.13 Å². The lowest BCUT2D eigenvalue weighted by molar-refractivity contribution is 0.491. The zero-order valence-electron chi connectivity index (χ0n) is 9.55. The summed E-state index contributed by atoms with van der Waals surface area (Å²) in [5.74, 6) is -3.36. The van der Waals surface area contributed by atoms with Gasteiger partial charge in [0.05, 0.1) is 21.9 Å². The smallest absolute Gasteiger partial charge is 0.203 e. The molecule has 0 saturated carbocycles. The molecule has 1 N–H and O–H groups in total. The number of rotatable bonds is 3. The fraction of sp³-hybridized carbons (Fsp3) is 0.0909. The van der Waals surface area contributed by atoms with Crippen LogP contribution in [0.2, 0.25) is 0 Å². The molecule has 0 bridgehead atoms. The molecule has 2 aromatic rings. The van der Waals surface area contributed by atoms with E-state index in [1.54, 1.807) is 12.3 Å². The van der Waals surface area contributed by atoms with Crippen LogP contribution in [0.1, 0.15) is 11.3 Å². The maximum atomic E-state index is 13.6. The lowest BCUT2D eigenvalue weighted by Gasteiger charge is -2.02. The predicted molar refractivity (Wildman–Crippen MR) is 72.1 cm³/mol. The third-order valence-electron chi connectivity index (χ3n) is 2.12. The molecule has 0 amide bonds. The first kappa shape index (κ1) is 14.0. The first-order chi connectivity index (χ1) is 8.99. The Morgan fingerprint density at radius 3 is 2.74 bits per heavy atom. The number of halogens is 4. The number of anilines is 1. The van der Waals surface area contributed by atoms with Gasteiger partial charge in [-0.05, 0) is 28.9 Å². The summed E-state index contributed by atoms with van der Waals surface area (Å²) in [7, 11) is 0. The zero-order chi connectivity index (χ0) is 14.0. The van der Waals surface area contributed by atoms with Gasteiger partial charge in [-0.2, -0.15) is 5.10 Å². The number of hydrazone groups is 1. The Morgan fingerprint density at radius 1 is 1.37 bits per heavy atom. The molecule has 0 atom stereocenters. The second-order valence-electron chi connectivity index (χ2n) is 3.55. The summed E-state index contributed by atoms with van der Waals surface area (Å²) >= 11 is 4.09. The summed E-state index contributed by atoms with van der Waals surface area (Å²) in [4.78, 5) is 4.04. The van der Waals surface area contributed by atoms with Crippen LogP contribution in [0.5, 0.6) is 0 Å². The van der Waals surface area contributed by atoms with Crippen LogP contribution in [0.4, 0.5) is 18.3 Å². The van der Waals surface area contributed by atoms with E-state index in [-0.39, 0.29) is 4.47 Å². The maximum Gasteiger partial charge on any atom is 0.203 e. The standard InChI is InChI=1S/C11H7BrF3N3S/c1-5-4-19-11(17-5)18-16-3-6-9(14)7(12)2-8(13)10(6)15/h2-4H,1H3,(H,17,18). The number of nitrogens with zero attached hydrogens (tertiary/aromatic N) is 2. The average Bonchev–Trinajstić information content (AvgIpc) is 2.77. The van der Waals surface area contributed by atoms with E-state index in [4.69, 9.17) is 0 Å². The van der Waals surface area contributed by atoms with Gasteiger partial charge in [-0.1, -0.05) is 0 Å². The molecule has 100 valence electrons. The van der Waals surface area contributed by atoms with E-state index in [0.717, 1.165) is 18.0 Å². The van der Waals surface area contributed by atoms with Crippen LogP contribution >= 0.6 is 27.3 Å². The molecule has 0 radical (unpaired) electrons. The first-order valence-corrected chi connectivity index (χ1v) is 6.70. The van der Waals surface area contributed by atoms with E-state index < -0.39 is 23.0 Å². The van der Waals surface area contributed by atoms with Gasteiger partial charge in [0, 0.05) is 5.38 Å². The molecule has 1 heterocycles. The minimum absolute atomic E-state index is 0.169. The maximum absolute atomic E-state index is 13.6. The van der Waals surface area contributed by atoms with Crippen molar-refractivity contribution in [1.29, 1.82) is 0 Å². The highest BCUT2D eigenvalue weighted by Gasteiger charge is 2.16. The SMILES string of the molecule is Cc1csc(NN=Cc2c(F)c(F)cc(Br)c2F)n1. The van der Waals surface area contributed by atoms with Gasteiger partial charge >= 0.3 is 0 Å². The van der Waals surface area contributed by atoms with Crippen molar-refractivity contribution in [2.75, 3.05) is 5.43 Å². The number of aryl methyl sites for hydroxylation is 1. The molecule has 0 saturated heterocycles. The van der Waals surface area contributed by atoms with Crippen LogP contribution in [0.3, 0.4) is 0 Å². The Morgan fingerprint density at radius 2 is 2.11 bits per heavy atom. The van der Waals surface area contributed by atoms with E-state index in [0.29, 0.717) is 5.13 Å². The number of nitrogens with one attached hydrogen (secondary N) is 1. The number of hydrogen-bond donors (Lipinski definition) is 1. The van der Waals surface area contributed by atoms with Gasteiger partial charge in [0.15, 0.2) is 11.6 Å². The number of benzene rings is 1. The highest BCUT2D eigenvalue weighted by Crippen LogP contribution is 2.23. The highest BCUT2D eigenvalue weighted by atomic mass is 79.9. The molecule has 0 fully saturated rings. The van der Waals surface area contributed by atoms with Crippen LogP contribution < -0.4 is 5.43 Å². The Hall–Kier alpha value is -1.41. The van der Waals surface area contributed by atoms with E-state index >= 15 is 0 Å². The molecule has 0 spiro atoms. The van der Waals surface area contributed by atoms with Gasteiger partial charge in [-0.25, -0.2) is 18.2 Å². The molecular weight excluding hydrogens is 343 g/mol. The van der Waals surface area contributed by atoms with Gasteiger partial charge < -0.3 is 0 Å². The molecule has 0 aliphatic heterocycles. The lowest BCUT2D eigenvalue weighted by atomic mass is 10.2. The van der Waals surface area contributed by atoms with E-state index in [9.17, 15) is 13.2 Å². The molecule has 19 heavy (non-hydrogen) atoms. The second-order valence-corrected chi connectivity index (χ2v) is 5.26. The molecule has 0 aliphatic carbocycles. The summed E-state index contributed by atoms with van der Waals surface area (Å²) in [5, 5.41) is 5.90. The summed E-state index contributed by atoms with van der Waals surface area (Å²) in [5.41, 5.74) is 2.75. The number of hydrogen-bond acceptors (Lipinski definition) is 4. The van der Waals surface area contributed by atoms with Crippen LogP contribution in [-0.4, -0.2) is 11.2 Å². The number of thiazole rings is 1. The van der Waals surface area contributed by atoms with Crippen molar-refractivity contribution in [2.45, 2.75) is 6.92 Å². The average molecular weight is 350 g/mol. The molecule has 0 aliphatic rings. The molecule has 3 nitrogen and oxygen atoms in total. The fourth-order valence-corrected chi connectivity index (χ4v) is 2.31. The second kappa shape index (κ2) is 5.70. The van der Waals surface area contributed by atoms with Gasteiger partial charge in [-0.3, -0.25) is 5.43 Å². The van der Waals surface area contributed by atoms with Crippen molar-refractivity contribution in [3.8, 4) is 0 Å². The Labute approximate surface area is 119 Å². The van der Waals surface area contributed by atoms with Crippen molar-refractivity contribution >= 4 is 38.6 Å². The summed E-state index contributed by atoms with van der Waals surface area (Å²) in [6, 6.07) is 0.722. The van der Waals surface area contributed by atoms with E-state index in [1.807, 2.05) is 0 Å². The Bertz CT molecular complexity index is 616. The normalized spacial score (nSPS) is 11.2. The highest BCUT2D eigenvalue weighted by molar-refractivity contribution is 9.10. The molecule has 0 unspecified atom stereocenters. The largest absolute Gasteiger partial charge is 0.253 e. The van der Waals surface area contributed by atoms with Gasteiger partial charge in [-0.15, -0.1) is 11.3 Å². The topological polar surface area (TPSA) is 37.3 Å². The molecule has 2 rings (SSSR count). The minimum Gasteiger partial charge on any atom is -0.253 e. The molecule has 8 heteroatoms. The third kappa shape index (κ3) is 3.13. The van der Waals surface area contributed by atoms with Crippen molar-refractivity contribution < 1.29 is 13.2 Å². The van der Waals surface area contributed by atoms with E-state index in [1.165, 1.54) is 11.3 Å². The van der Waals surface area contributed by atoms with Gasteiger partial charge in [0.25, 0.3) is 0 Å². The van der Waals surface area contributed by atoms with Crippen molar-refractivity contribution in [3.05, 3.63) is 44.6 Å². The molecular formula is C11H7BrF3N3S. The van der Waals surface area contributed by atoms with E-state index in [2.05, 4.69) is 31.4 Å². The van der Waals surface area contributed by atoms with Crippen molar-refractivity contribution in [2.24, 2.45) is 5.10 Å². The van der Waals surface area contributed by atoms with Crippen molar-refractivity contribution in [1.82, 2.24) is 4.98 Å². The predicted octanol–water partition coefficient (Wildman–Crippen LogP) is 4.08. The van der Waals surface area contributed by atoms with Gasteiger partial charge in [0.1, 0.15) is 5.82 Å². The van der Waals surface area contributed by atoms with Crippen LogP contribution in [0.25, 0.3) is 0 Å². The fourth-order valence-electron chi connectivity index (χ4n) is 1.26. The Kier molecular flexibility index (Phi) is 4.20. The summed E-state index contributed by atoms with van der Waals surface area (Å²) in [6.07, 6.45) is 0.870. The number of aromatic nitrogens is 1. The van der Waals surface area contributed by atoms with Crippen molar-refractivity contribution in [3.63, 3.8) is 0 Å². The third-order valence-corrected chi connectivity index (χ3v) is 3.56. The van der Waals surface area contributed by atoms with Crippen LogP contribution in [0.15, 0.2) is 21.0 Å².